The Bertz CT molecular complexity index is 807. The Balaban J connectivity index is 1.95. The average Bonchev–Trinajstić information content (AvgIpc) is 3.21. The van der Waals surface area contributed by atoms with Crippen molar-refractivity contribution in [3.8, 4) is 0 Å². The van der Waals surface area contributed by atoms with E-state index in [9.17, 15) is 4.79 Å². The second kappa shape index (κ2) is 6.70. The zero-order valence-electron chi connectivity index (χ0n) is 14.1. The molecule has 1 N–H and O–H groups in total. The van der Waals surface area contributed by atoms with Crippen LogP contribution in [0.25, 0.3) is 0 Å². The third kappa shape index (κ3) is 3.22. The molecular formula is C18H21N5O. The number of hydrogen-bond acceptors (Lipinski definition) is 3. The molecule has 1 atom stereocenters. The molecule has 24 heavy (non-hydrogen) atoms. The molecule has 0 aliphatic rings. The van der Waals surface area contributed by atoms with Gasteiger partial charge in [-0.15, -0.1) is 0 Å². The SMILES string of the molecule is Cc1cc(C(=O)N(Cc2ncc[nH]2)C(C)c2ccccc2)n(C)n1. The predicted molar refractivity (Wildman–Crippen MR) is 91.3 cm³/mol. The Morgan fingerprint density at radius 2 is 2.08 bits per heavy atom. The molecule has 0 spiro atoms. The van der Waals surface area contributed by atoms with Crippen LogP contribution in [-0.4, -0.2) is 30.6 Å². The van der Waals surface area contributed by atoms with E-state index in [1.54, 1.807) is 24.1 Å². The minimum absolute atomic E-state index is 0.0640. The van der Waals surface area contributed by atoms with Gasteiger partial charge in [0.25, 0.3) is 5.91 Å². The van der Waals surface area contributed by atoms with Gasteiger partial charge in [0.2, 0.25) is 0 Å². The highest BCUT2D eigenvalue weighted by molar-refractivity contribution is 5.93. The minimum Gasteiger partial charge on any atom is -0.347 e. The number of imidazole rings is 1. The summed E-state index contributed by atoms with van der Waals surface area (Å²) in [5.41, 5.74) is 2.48. The fourth-order valence-corrected chi connectivity index (χ4v) is 2.80. The molecule has 124 valence electrons. The molecule has 1 amide bonds. The Hall–Kier alpha value is -2.89. The van der Waals surface area contributed by atoms with Crippen molar-refractivity contribution in [2.24, 2.45) is 7.05 Å². The van der Waals surface area contributed by atoms with Crippen molar-refractivity contribution >= 4 is 5.91 Å². The maximum Gasteiger partial charge on any atom is 0.273 e. The molecular weight excluding hydrogens is 302 g/mol. The summed E-state index contributed by atoms with van der Waals surface area (Å²) in [5, 5.41) is 4.29. The minimum atomic E-state index is -0.0843. The molecule has 2 aromatic heterocycles. The molecule has 0 fully saturated rings. The van der Waals surface area contributed by atoms with Crippen LogP contribution in [0.4, 0.5) is 0 Å². The Labute approximate surface area is 141 Å². The van der Waals surface area contributed by atoms with E-state index in [0.717, 1.165) is 17.1 Å². The van der Waals surface area contributed by atoms with Gasteiger partial charge in [0.05, 0.1) is 18.3 Å². The second-order valence-corrected chi connectivity index (χ2v) is 5.85. The number of nitrogens with one attached hydrogen (secondary N) is 1. The summed E-state index contributed by atoms with van der Waals surface area (Å²) in [6.45, 7) is 4.32. The summed E-state index contributed by atoms with van der Waals surface area (Å²) < 4.78 is 1.63. The van der Waals surface area contributed by atoms with Gasteiger partial charge in [0, 0.05) is 19.4 Å². The first-order chi connectivity index (χ1) is 11.6. The molecule has 6 nitrogen and oxygen atoms in total. The summed E-state index contributed by atoms with van der Waals surface area (Å²) in [6.07, 6.45) is 3.46. The summed E-state index contributed by atoms with van der Waals surface area (Å²) >= 11 is 0. The van der Waals surface area contributed by atoms with E-state index in [-0.39, 0.29) is 11.9 Å². The van der Waals surface area contributed by atoms with Crippen LogP contribution >= 0.6 is 0 Å². The Morgan fingerprint density at radius 3 is 2.67 bits per heavy atom. The molecule has 0 bridgehead atoms. The first-order valence-electron chi connectivity index (χ1n) is 7.91. The lowest BCUT2D eigenvalue weighted by molar-refractivity contribution is 0.0657. The van der Waals surface area contributed by atoms with Crippen LogP contribution in [-0.2, 0) is 13.6 Å². The highest BCUT2D eigenvalue weighted by Gasteiger charge is 2.26. The van der Waals surface area contributed by atoms with Crippen LogP contribution in [0.3, 0.4) is 0 Å². The third-order valence-electron chi connectivity index (χ3n) is 4.11. The first kappa shape index (κ1) is 16.0. The number of hydrogen-bond donors (Lipinski definition) is 1. The zero-order chi connectivity index (χ0) is 17.1. The number of rotatable bonds is 5. The van der Waals surface area contributed by atoms with E-state index < -0.39 is 0 Å². The van der Waals surface area contributed by atoms with Gasteiger partial charge in [-0.3, -0.25) is 9.48 Å². The Kier molecular flexibility index (Phi) is 4.46. The highest BCUT2D eigenvalue weighted by Crippen LogP contribution is 2.24. The van der Waals surface area contributed by atoms with Crippen molar-refractivity contribution in [3.63, 3.8) is 0 Å². The van der Waals surface area contributed by atoms with Crippen LogP contribution in [0.1, 0.15) is 40.5 Å². The lowest BCUT2D eigenvalue weighted by Gasteiger charge is -2.29. The number of carbonyl (C=O) groups excluding carboxylic acids is 1. The van der Waals surface area contributed by atoms with Gasteiger partial charge in [-0.1, -0.05) is 30.3 Å². The van der Waals surface area contributed by atoms with Crippen LogP contribution in [0.2, 0.25) is 0 Å². The number of aromatic nitrogens is 4. The summed E-state index contributed by atoms with van der Waals surface area (Å²) in [5.74, 6) is 0.691. The van der Waals surface area contributed by atoms with Crippen LogP contribution < -0.4 is 0 Å². The molecule has 0 saturated carbocycles. The molecule has 1 unspecified atom stereocenters. The monoisotopic (exact) mass is 323 g/mol. The van der Waals surface area contributed by atoms with Crippen LogP contribution in [0, 0.1) is 6.92 Å². The number of carbonyl (C=O) groups is 1. The standard InChI is InChI=1S/C18H21N5O/c1-13-11-16(22(3)21-13)18(24)23(12-17-19-9-10-20-17)14(2)15-7-5-4-6-8-15/h4-11,14H,12H2,1-3H3,(H,19,20). The van der Waals surface area contributed by atoms with E-state index >= 15 is 0 Å². The number of amides is 1. The Morgan fingerprint density at radius 1 is 1.33 bits per heavy atom. The van der Waals surface area contributed by atoms with Crippen LogP contribution in [0.5, 0.6) is 0 Å². The normalized spacial score (nSPS) is 12.1. The zero-order valence-corrected chi connectivity index (χ0v) is 14.1. The molecule has 6 heteroatoms. The van der Waals surface area contributed by atoms with E-state index in [2.05, 4.69) is 15.1 Å². The largest absolute Gasteiger partial charge is 0.347 e. The fraction of sp³-hybridized carbons (Fsp3) is 0.278. The molecule has 0 aliphatic carbocycles. The molecule has 3 rings (SSSR count). The summed E-state index contributed by atoms with van der Waals surface area (Å²) in [4.78, 5) is 22.3. The first-order valence-corrected chi connectivity index (χ1v) is 7.91. The van der Waals surface area contributed by atoms with Crippen molar-refractivity contribution in [2.75, 3.05) is 0 Å². The van der Waals surface area contributed by atoms with Crippen molar-refractivity contribution in [2.45, 2.75) is 26.4 Å². The number of H-pyrrole nitrogens is 1. The quantitative estimate of drug-likeness (QED) is 0.785. The molecule has 0 radical (unpaired) electrons. The smallest absolute Gasteiger partial charge is 0.273 e. The number of aromatic amines is 1. The molecule has 3 aromatic rings. The molecule has 1 aromatic carbocycles. The van der Waals surface area contributed by atoms with Crippen molar-refractivity contribution in [1.29, 1.82) is 0 Å². The van der Waals surface area contributed by atoms with E-state index in [1.165, 1.54) is 0 Å². The molecule has 0 aliphatic heterocycles. The van der Waals surface area contributed by atoms with Gasteiger partial charge in [-0.2, -0.15) is 5.10 Å². The van der Waals surface area contributed by atoms with Gasteiger partial charge in [0.15, 0.2) is 0 Å². The van der Waals surface area contributed by atoms with Crippen molar-refractivity contribution in [1.82, 2.24) is 24.6 Å². The van der Waals surface area contributed by atoms with Gasteiger partial charge in [-0.25, -0.2) is 4.98 Å². The molecule has 2 heterocycles. The summed E-state index contributed by atoms with van der Waals surface area (Å²) in [6, 6.07) is 11.7. The van der Waals surface area contributed by atoms with E-state index in [4.69, 9.17) is 0 Å². The lowest BCUT2D eigenvalue weighted by atomic mass is 10.1. The second-order valence-electron chi connectivity index (χ2n) is 5.85. The third-order valence-corrected chi connectivity index (χ3v) is 4.11. The predicted octanol–water partition coefficient (Wildman–Crippen LogP) is 2.86. The lowest BCUT2D eigenvalue weighted by Crippen LogP contribution is -2.34. The maximum atomic E-state index is 13.1. The summed E-state index contributed by atoms with van der Waals surface area (Å²) in [7, 11) is 1.79. The van der Waals surface area contributed by atoms with Gasteiger partial charge >= 0.3 is 0 Å². The number of aryl methyl sites for hydroxylation is 2. The van der Waals surface area contributed by atoms with E-state index in [0.29, 0.717) is 12.2 Å². The maximum absolute atomic E-state index is 13.1. The van der Waals surface area contributed by atoms with E-state index in [1.807, 2.05) is 55.1 Å². The molecule has 0 saturated heterocycles. The fourth-order valence-electron chi connectivity index (χ4n) is 2.80. The van der Waals surface area contributed by atoms with Crippen molar-refractivity contribution < 1.29 is 4.79 Å². The van der Waals surface area contributed by atoms with Crippen molar-refractivity contribution in [3.05, 3.63) is 71.6 Å². The van der Waals surface area contributed by atoms with Gasteiger partial charge < -0.3 is 9.88 Å². The van der Waals surface area contributed by atoms with Crippen LogP contribution in [0.15, 0.2) is 48.8 Å². The highest BCUT2D eigenvalue weighted by atomic mass is 16.2. The number of nitrogens with zero attached hydrogens (tertiary/aromatic N) is 4. The van der Waals surface area contributed by atoms with Gasteiger partial charge in [0.1, 0.15) is 11.5 Å². The average molecular weight is 323 g/mol. The number of benzene rings is 1. The van der Waals surface area contributed by atoms with Gasteiger partial charge in [-0.05, 0) is 25.5 Å². The topological polar surface area (TPSA) is 66.8 Å².